The fraction of sp³-hybridized carbons (Fsp3) is 0.581. The fourth-order valence-electron chi connectivity index (χ4n) is 5.47. The van der Waals surface area contributed by atoms with Crippen molar-refractivity contribution in [1.29, 1.82) is 0 Å². The Morgan fingerprint density at radius 2 is 1.63 bits per heavy atom. The average molecular weight is 562 g/mol. The van der Waals surface area contributed by atoms with Gasteiger partial charge in [-0.3, -0.25) is 9.47 Å². The second-order valence-corrected chi connectivity index (χ2v) is 12.7. The molecule has 1 saturated carbocycles. The third kappa shape index (κ3) is 7.04. The van der Waals surface area contributed by atoms with E-state index in [4.69, 9.17) is 4.74 Å². The van der Waals surface area contributed by atoms with E-state index >= 15 is 0 Å². The standard InChI is InChI=1S/C31H43N7O3/c1-20(2)38-27-25(19-33-29(38)39)18-32-28(35-27)34-21(3)23-9-11-24(12-10-23)26(17-22-7-8-22)36-13-15-37(16-14-36)30(40)41-31(4,5)6/h9-12,18-22,26H,7-8,13-17H2,1-6H3,(H,32,34,35)/t21-,26?/m0/s1. The van der Waals surface area contributed by atoms with Gasteiger partial charge in [0.2, 0.25) is 5.95 Å². The number of nitrogens with one attached hydrogen (secondary N) is 1. The highest BCUT2D eigenvalue weighted by molar-refractivity contribution is 5.74. The quantitative estimate of drug-likeness (QED) is 0.393. The summed E-state index contributed by atoms with van der Waals surface area (Å²) in [4.78, 5) is 42.3. The number of ether oxygens (including phenoxy) is 1. The monoisotopic (exact) mass is 561 g/mol. The number of anilines is 1. The van der Waals surface area contributed by atoms with Gasteiger partial charge in [-0.1, -0.05) is 37.1 Å². The largest absolute Gasteiger partial charge is 0.444 e. The van der Waals surface area contributed by atoms with Crippen LogP contribution < -0.4 is 11.0 Å². The number of fused-ring (bicyclic) bond motifs is 1. The summed E-state index contributed by atoms with van der Waals surface area (Å²) in [5.41, 5.74) is 2.23. The first-order chi connectivity index (χ1) is 19.5. The van der Waals surface area contributed by atoms with Crippen molar-refractivity contribution in [1.82, 2.24) is 29.3 Å². The number of benzene rings is 1. The van der Waals surface area contributed by atoms with Gasteiger partial charge in [-0.15, -0.1) is 0 Å². The van der Waals surface area contributed by atoms with E-state index in [-0.39, 0.29) is 23.9 Å². The number of rotatable bonds is 8. The molecule has 1 N–H and O–H groups in total. The molecule has 10 heteroatoms. The molecule has 2 fully saturated rings. The van der Waals surface area contributed by atoms with E-state index < -0.39 is 5.60 Å². The molecule has 3 aromatic rings. The van der Waals surface area contributed by atoms with Crippen LogP contribution in [0.25, 0.3) is 11.0 Å². The first-order valence-electron chi connectivity index (χ1n) is 14.8. The Morgan fingerprint density at radius 1 is 1.00 bits per heavy atom. The van der Waals surface area contributed by atoms with E-state index in [1.54, 1.807) is 10.8 Å². The summed E-state index contributed by atoms with van der Waals surface area (Å²) in [6.07, 6.45) is 6.77. The molecule has 10 nitrogen and oxygen atoms in total. The van der Waals surface area contributed by atoms with Crippen LogP contribution in [0.4, 0.5) is 10.7 Å². The van der Waals surface area contributed by atoms with Gasteiger partial charge in [0.05, 0.1) is 11.4 Å². The number of piperazine rings is 1. The van der Waals surface area contributed by atoms with E-state index in [1.165, 1.54) is 24.6 Å². The maximum absolute atomic E-state index is 12.6. The van der Waals surface area contributed by atoms with E-state index in [0.717, 1.165) is 36.4 Å². The molecule has 3 heterocycles. The SMILES string of the molecule is CC(C)n1c(=O)ncc2cnc(N[C@@H](C)c3ccc(C(CC4CC4)N4CCN(C(=O)OC(C)(C)C)CC4)cc3)nc21. The molecule has 0 bridgehead atoms. The van der Waals surface area contributed by atoms with Gasteiger partial charge < -0.3 is 15.0 Å². The van der Waals surface area contributed by atoms with Crippen molar-refractivity contribution < 1.29 is 9.53 Å². The molecule has 1 aromatic carbocycles. The molecule has 41 heavy (non-hydrogen) atoms. The lowest BCUT2D eigenvalue weighted by Gasteiger charge is -2.40. The van der Waals surface area contributed by atoms with Gasteiger partial charge in [0.15, 0.2) is 5.65 Å². The van der Waals surface area contributed by atoms with Crippen LogP contribution in [-0.4, -0.2) is 67.2 Å². The topological polar surface area (TPSA) is 105 Å². The zero-order chi connectivity index (χ0) is 29.3. The predicted molar refractivity (Wildman–Crippen MR) is 160 cm³/mol. The minimum absolute atomic E-state index is 0.0261. The number of aromatic nitrogens is 4. The molecule has 1 amide bonds. The number of hydrogen-bond donors (Lipinski definition) is 1. The highest BCUT2D eigenvalue weighted by Gasteiger charge is 2.33. The van der Waals surface area contributed by atoms with Crippen molar-refractivity contribution in [2.75, 3.05) is 31.5 Å². The highest BCUT2D eigenvalue weighted by Crippen LogP contribution is 2.40. The zero-order valence-corrected chi connectivity index (χ0v) is 25.1. The Balaban J connectivity index is 1.27. The van der Waals surface area contributed by atoms with Crippen LogP contribution in [0, 0.1) is 5.92 Å². The molecule has 5 rings (SSSR count). The van der Waals surface area contributed by atoms with Crippen molar-refractivity contribution in [3.05, 3.63) is 58.3 Å². The number of carbonyl (C=O) groups excluding carboxylic acids is 1. The number of carbonyl (C=O) groups is 1. The molecule has 2 aliphatic rings. The van der Waals surface area contributed by atoms with Crippen LogP contribution in [0.5, 0.6) is 0 Å². The van der Waals surface area contributed by atoms with Crippen molar-refractivity contribution in [2.45, 2.75) is 84.5 Å². The zero-order valence-electron chi connectivity index (χ0n) is 25.1. The molecule has 2 aromatic heterocycles. The Morgan fingerprint density at radius 3 is 2.24 bits per heavy atom. The second-order valence-electron chi connectivity index (χ2n) is 12.7. The van der Waals surface area contributed by atoms with Crippen LogP contribution in [0.2, 0.25) is 0 Å². The van der Waals surface area contributed by atoms with Gasteiger partial charge in [-0.25, -0.2) is 19.6 Å². The molecule has 1 saturated heterocycles. The lowest BCUT2D eigenvalue weighted by Crippen LogP contribution is -2.50. The van der Waals surface area contributed by atoms with Crippen LogP contribution >= 0.6 is 0 Å². The van der Waals surface area contributed by atoms with Crippen LogP contribution in [0.1, 0.15) is 90.1 Å². The Bertz CT molecular complexity index is 1420. The minimum Gasteiger partial charge on any atom is -0.444 e. The third-order valence-electron chi connectivity index (χ3n) is 7.89. The van der Waals surface area contributed by atoms with Crippen LogP contribution in [-0.2, 0) is 4.74 Å². The molecular formula is C31H43N7O3. The summed E-state index contributed by atoms with van der Waals surface area (Å²) in [6.45, 7) is 14.7. The summed E-state index contributed by atoms with van der Waals surface area (Å²) in [7, 11) is 0. The normalized spacial score (nSPS) is 18.0. The maximum Gasteiger partial charge on any atom is 0.410 e. The van der Waals surface area contributed by atoms with Crippen LogP contribution in [0.15, 0.2) is 41.5 Å². The molecule has 1 aliphatic heterocycles. The lowest BCUT2D eigenvalue weighted by atomic mass is 9.96. The summed E-state index contributed by atoms with van der Waals surface area (Å²) in [6, 6.07) is 9.09. The second kappa shape index (κ2) is 11.8. The van der Waals surface area contributed by atoms with E-state index in [0.29, 0.717) is 30.7 Å². The van der Waals surface area contributed by atoms with Gasteiger partial charge >= 0.3 is 11.8 Å². The average Bonchev–Trinajstić information content (AvgIpc) is 3.75. The third-order valence-corrected chi connectivity index (χ3v) is 7.89. The summed E-state index contributed by atoms with van der Waals surface area (Å²) < 4.78 is 7.18. The summed E-state index contributed by atoms with van der Waals surface area (Å²) >= 11 is 0. The molecule has 220 valence electrons. The first kappa shape index (κ1) is 29.0. The van der Waals surface area contributed by atoms with E-state index in [1.807, 2.05) is 39.5 Å². The molecule has 1 aliphatic carbocycles. The van der Waals surface area contributed by atoms with Gasteiger partial charge in [-0.05, 0) is 65.0 Å². The van der Waals surface area contributed by atoms with Gasteiger partial charge in [0, 0.05) is 50.7 Å². The summed E-state index contributed by atoms with van der Waals surface area (Å²) in [5.74, 6) is 1.26. The molecule has 0 radical (unpaired) electrons. The van der Waals surface area contributed by atoms with Crippen molar-refractivity contribution in [3.8, 4) is 0 Å². The van der Waals surface area contributed by atoms with Crippen LogP contribution in [0.3, 0.4) is 0 Å². The van der Waals surface area contributed by atoms with Gasteiger partial charge in [0.1, 0.15) is 5.60 Å². The van der Waals surface area contributed by atoms with Crippen molar-refractivity contribution in [2.24, 2.45) is 5.92 Å². The Labute approximate surface area is 242 Å². The van der Waals surface area contributed by atoms with Crippen molar-refractivity contribution >= 4 is 23.1 Å². The number of nitrogens with zero attached hydrogens (tertiary/aromatic N) is 6. The van der Waals surface area contributed by atoms with E-state index in [9.17, 15) is 9.59 Å². The fourth-order valence-corrected chi connectivity index (χ4v) is 5.47. The molecular weight excluding hydrogens is 518 g/mol. The number of amides is 1. The Hall–Kier alpha value is -3.53. The lowest BCUT2D eigenvalue weighted by molar-refractivity contribution is 0.00941. The van der Waals surface area contributed by atoms with E-state index in [2.05, 4.69) is 56.4 Å². The molecule has 1 unspecified atom stereocenters. The Kier molecular flexibility index (Phi) is 8.31. The molecule has 2 atom stereocenters. The predicted octanol–water partition coefficient (Wildman–Crippen LogP) is 5.33. The van der Waals surface area contributed by atoms with Gasteiger partial charge in [-0.2, -0.15) is 4.98 Å². The highest BCUT2D eigenvalue weighted by atomic mass is 16.6. The first-order valence-corrected chi connectivity index (χ1v) is 14.8. The van der Waals surface area contributed by atoms with Gasteiger partial charge in [0.25, 0.3) is 0 Å². The maximum atomic E-state index is 12.6. The molecule has 0 spiro atoms. The number of hydrogen-bond acceptors (Lipinski definition) is 8. The van der Waals surface area contributed by atoms with Crippen molar-refractivity contribution in [3.63, 3.8) is 0 Å². The smallest absolute Gasteiger partial charge is 0.410 e. The summed E-state index contributed by atoms with van der Waals surface area (Å²) in [5, 5.41) is 4.13. The minimum atomic E-state index is -0.481.